The standard InChI is InChI=1S/C17H21N3O4/c1-22-14-4-3-12(9-15(14)23-2)16-10-20(7-8-24-16)17-18-6-5-13(11-21)19-17/h3-6,9,16,21H,7-8,10-11H2,1-2H3. The Bertz CT molecular complexity index is 695. The van der Waals surface area contributed by atoms with E-state index in [1.165, 1.54) is 0 Å². The van der Waals surface area contributed by atoms with Crippen LogP contribution in [0.1, 0.15) is 17.4 Å². The molecule has 1 unspecified atom stereocenters. The number of benzene rings is 1. The lowest BCUT2D eigenvalue weighted by atomic mass is 10.1. The van der Waals surface area contributed by atoms with Crippen molar-refractivity contribution >= 4 is 5.95 Å². The fourth-order valence-corrected chi connectivity index (χ4v) is 2.71. The van der Waals surface area contributed by atoms with Gasteiger partial charge in [0.05, 0.1) is 39.7 Å². The topological polar surface area (TPSA) is 76.9 Å². The molecule has 0 spiro atoms. The summed E-state index contributed by atoms with van der Waals surface area (Å²) in [6, 6.07) is 7.48. The summed E-state index contributed by atoms with van der Waals surface area (Å²) in [4.78, 5) is 10.7. The maximum absolute atomic E-state index is 9.24. The Labute approximate surface area is 140 Å². The number of rotatable bonds is 5. The first-order valence-corrected chi connectivity index (χ1v) is 7.76. The molecule has 3 rings (SSSR count). The zero-order chi connectivity index (χ0) is 16.9. The van der Waals surface area contributed by atoms with Crippen LogP contribution in [0.4, 0.5) is 5.95 Å². The number of hydrogen-bond donors (Lipinski definition) is 1. The zero-order valence-electron chi connectivity index (χ0n) is 13.8. The van der Waals surface area contributed by atoms with Crippen LogP contribution in [0.5, 0.6) is 11.5 Å². The Morgan fingerprint density at radius 3 is 2.83 bits per heavy atom. The third kappa shape index (κ3) is 3.42. The van der Waals surface area contributed by atoms with E-state index in [1.54, 1.807) is 26.5 Å². The zero-order valence-corrected chi connectivity index (χ0v) is 13.8. The minimum Gasteiger partial charge on any atom is -0.493 e. The van der Waals surface area contributed by atoms with Crippen LogP contribution < -0.4 is 14.4 Å². The number of hydrogen-bond acceptors (Lipinski definition) is 7. The summed E-state index contributed by atoms with van der Waals surface area (Å²) in [5.41, 5.74) is 1.62. The molecule has 2 heterocycles. The van der Waals surface area contributed by atoms with Gasteiger partial charge in [-0.3, -0.25) is 0 Å². The van der Waals surface area contributed by atoms with Gasteiger partial charge in [0, 0.05) is 12.7 Å². The van der Waals surface area contributed by atoms with Gasteiger partial charge in [0.2, 0.25) is 5.95 Å². The van der Waals surface area contributed by atoms with Gasteiger partial charge in [0.25, 0.3) is 0 Å². The molecule has 128 valence electrons. The van der Waals surface area contributed by atoms with Gasteiger partial charge in [-0.05, 0) is 23.8 Å². The molecule has 0 bridgehead atoms. The maximum Gasteiger partial charge on any atom is 0.225 e. The van der Waals surface area contributed by atoms with Crippen LogP contribution in [-0.2, 0) is 11.3 Å². The van der Waals surface area contributed by atoms with Crippen LogP contribution in [0.25, 0.3) is 0 Å². The van der Waals surface area contributed by atoms with E-state index in [4.69, 9.17) is 14.2 Å². The molecular formula is C17H21N3O4. The van der Waals surface area contributed by atoms with Gasteiger partial charge in [-0.15, -0.1) is 0 Å². The first-order chi connectivity index (χ1) is 11.7. The van der Waals surface area contributed by atoms with E-state index in [9.17, 15) is 5.11 Å². The number of aliphatic hydroxyl groups excluding tert-OH is 1. The van der Waals surface area contributed by atoms with Crippen molar-refractivity contribution < 1.29 is 19.3 Å². The van der Waals surface area contributed by atoms with Gasteiger partial charge >= 0.3 is 0 Å². The van der Waals surface area contributed by atoms with Crippen LogP contribution in [0.3, 0.4) is 0 Å². The number of aliphatic hydroxyl groups is 1. The van der Waals surface area contributed by atoms with Gasteiger partial charge in [0.15, 0.2) is 11.5 Å². The Balaban J connectivity index is 1.80. The van der Waals surface area contributed by atoms with Crippen molar-refractivity contribution in [2.45, 2.75) is 12.7 Å². The van der Waals surface area contributed by atoms with Crippen molar-refractivity contribution in [1.29, 1.82) is 0 Å². The van der Waals surface area contributed by atoms with Crippen molar-refractivity contribution in [2.75, 3.05) is 38.8 Å². The highest BCUT2D eigenvalue weighted by molar-refractivity contribution is 5.44. The van der Waals surface area contributed by atoms with Crippen molar-refractivity contribution in [1.82, 2.24) is 9.97 Å². The highest BCUT2D eigenvalue weighted by atomic mass is 16.5. The van der Waals surface area contributed by atoms with Crippen molar-refractivity contribution in [3.05, 3.63) is 41.7 Å². The van der Waals surface area contributed by atoms with E-state index in [0.29, 0.717) is 42.8 Å². The Hall–Kier alpha value is -2.38. The van der Waals surface area contributed by atoms with E-state index in [2.05, 4.69) is 14.9 Å². The molecule has 1 atom stereocenters. The maximum atomic E-state index is 9.24. The molecule has 7 nitrogen and oxygen atoms in total. The third-order valence-electron chi connectivity index (χ3n) is 3.99. The minimum atomic E-state index is -0.111. The first-order valence-electron chi connectivity index (χ1n) is 7.76. The fourth-order valence-electron chi connectivity index (χ4n) is 2.71. The van der Waals surface area contributed by atoms with Crippen LogP contribution >= 0.6 is 0 Å². The molecular weight excluding hydrogens is 310 g/mol. The molecule has 0 aliphatic carbocycles. The lowest BCUT2D eigenvalue weighted by molar-refractivity contribution is 0.0390. The van der Waals surface area contributed by atoms with E-state index in [1.807, 2.05) is 18.2 Å². The monoisotopic (exact) mass is 331 g/mol. The number of morpholine rings is 1. The molecule has 1 aliphatic rings. The van der Waals surface area contributed by atoms with Crippen LogP contribution in [0, 0.1) is 0 Å². The summed E-state index contributed by atoms with van der Waals surface area (Å²) in [6.45, 7) is 1.81. The summed E-state index contributed by atoms with van der Waals surface area (Å²) < 4.78 is 16.5. The summed E-state index contributed by atoms with van der Waals surface area (Å²) in [6.07, 6.45) is 1.55. The first kappa shape index (κ1) is 16.5. The van der Waals surface area contributed by atoms with Gasteiger partial charge in [-0.1, -0.05) is 6.07 Å². The van der Waals surface area contributed by atoms with Crippen molar-refractivity contribution in [2.24, 2.45) is 0 Å². The highest BCUT2D eigenvalue weighted by Gasteiger charge is 2.24. The second-order valence-electron chi connectivity index (χ2n) is 5.43. The molecule has 1 saturated heterocycles. The number of methoxy groups -OCH3 is 2. The van der Waals surface area contributed by atoms with E-state index < -0.39 is 0 Å². The number of ether oxygens (including phenoxy) is 3. The second kappa shape index (κ2) is 7.46. The van der Waals surface area contributed by atoms with Gasteiger partial charge in [-0.25, -0.2) is 9.97 Å². The average Bonchev–Trinajstić information content (AvgIpc) is 2.67. The minimum absolute atomic E-state index is 0.0982. The third-order valence-corrected chi connectivity index (χ3v) is 3.99. The van der Waals surface area contributed by atoms with Crippen molar-refractivity contribution in [3.8, 4) is 11.5 Å². The second-order valence-corrected chi connectivity index (χ2v) is 5.43. The molecule has 1 N–H and O–H groups in total. The molecule has 1 aromatic heterocycles. The molecule has 24 heavy (non-hydrogen) atoms. The normalized spacial score (nSPS) is 17.6. The fraction of sp³-hybridized carbons (Fsp3) is 0.412. The Morgan fingerprint density at radius 1 is 1.25 bits per heavy atom. The van der Waals surface area contributed by atoms with Crippen molar-refractivity contribution in [3.63, 3.8) is 0 Å². The molecule has 0 amide bonds. The number of anilines is 1. The van der Waals surface area contributed by atoms with E-state index >= 15 is 0 Å². The van der Waals surface area contributed by atoms with Gasteiger partial charge in [-0.2, -0.15) is 0 Å². The number of nitrogens with zero attached hydrogens (tertiary/aromatic N) is 3. The van der Waals surface area contributed by atoms with Crippen LogP contribution in [0.2, 0.25) is 0 Å². The van der Waals surface area contributed by atoms with E-state index in [-0.39, 0.29) is 12.7 Å². The number of aromatic nitrogens is 2. The molecule has 0 saturated carbocycles. The van der Waals surface area contributed by atoms with Crippen LogP contribution in [-0.4, -0.2) is 49.0 Å². The molecule has 1 aromatic carbocycles. The quantitative estimate of drug-likeness (QED) is 0.891. The summed E-state index contributed by atoms with van der Waals surface area (Å²) in [5.74, 6) is 1.97. The molecule has 1 fully saturated rings. The molecule has 2 aromatic rings. The lowest BCUT2D eigenvalue weighted by Crippen LogP contribution is -2.39. The van der Waals surface area contributed by atoms with Gasteiger partial charge in [0.1, 0.15) is 6.10 Å². The summed E-state index contributed by atoms with van der Waals surface area (Å²) in [7, 11) is 3.23. The molecule has 7 heteroatoms. The lowest BCUT2D eigenvalue weighted by Gasteiger charge is -2.33. The predicted molar refractivity (Wildman–Crippen MR) is 88.4 cm³/mol. The Kier molecular flexibility index (Phi) is 5.12. The predicted octanol–water partition coefficient (Wildman–Crippen LogP) is 1.56. The average molecular weight is 331 g/mol. The molecule has 0 radical (unpaired) electrons. The van der Waals surface area contributed by atoms with Gasteiger partial charge < -0.3 is 24.2 Å². The summed E-state index contributed by atoms with van der Waals surface area (Å²) >= 11 is 0. The highest BCUT2D eigenvalue weighted by Crippen LogP contribution is 2.32. The van der Waals surface area contributed by atoms with E-state index in [0.717, 1.165) is 5.56 Å². The van der Waals surface area contributed by atoms with Crippen LogP contribution in [0.15, 0.2) is 30.5 Å². The molecule has 1 aliphatic heterocycles. The smallest absolute Gasteiger partial charge is 0.225 e. The SMILES string of the molecule is COc1ccc(C2CN(c3nccc(CO)n3)CCO2)cc1OC. The largest absolute Gasteiger partial charge is 0.493 e. The Morgan fingerprint density at radius 2 is 2.08 bits per heavy atom. The summed E-state index contributed by atoms with van der Waals surface area (Å²) in [5, 5.41) is 9.24.